The van der Waals surface area contributed by atoms with E-state index in [1.54, 1.807) is 12.1 Å². The number of aliphatic hydroxyl groups is 1. The third-order valence-corrected chi connectivity index (χ3v) is 3.14. The number of rotatable bonds is 5. The van der Waals surface area contributed by atoms with Crippen LogP contribution in [-0.4, -0.2) is 44.6 Å². The molecule has 0 bridgehead atoms. The third kappa shape index (κ3) is 2.47. The number of anilines is 1. The van der Waals surface area contributed by atoms with Crippen molar-refractivity contribution in [3.63, 3.8) is 0 Å². The molecule has 1 saturated heterocycles. The predicted molar refractivity (Wildman–Crippen MR) is 66.6 cm³/mol. The van der Waals surface area contributed by atoms with Gasteiger partial charge in [-0.15, -0.1) is 0 Å². The van der Waals surface area contributed by atoms with E-state index in [0.717, 1.165) is 0 Å². The molecule has 0 unspecified atom stereocenters. The maximum absolute atomic E-state index is 11.6. The zero-order chi connectivity index (χ0) is 13.0. The second kappa shape index (κ2) is 5.37. The average Bonchev–Trinajstić information content (AvgIpc) is 2.37. The highest BCUT2D eigenvalue weighted by Crippen LogP contribution is 2.28. The molecule has 1 aliphatic heterocycles. The van der Waals surface area contributed by atoms with E-state index in [-0.39, 0.29) is 18.0 Å². The van der Waals surface area contributed by atoms with E-state index in [9.17, 15) is 9.90 Å². The molecule has 1 heterocycles. The van der Waals surface area contributed by atoms with E-state index < -0.39 is 0 Å². The molecule has 1 aromatic carbocycles. The summed E-state index contributed by atoms with van der Waals surface area (Å²) in [6.07, 6.45) is 0. The first-order valence-electron chi connectivity index (χ1n) is 5.81. The van der Waals surface area contributed by atoms with Crippen molar-refractivity contribution in [2.45, 2.75) is 0 Å². The lowest BCUT2D eigenvalue weighted by atomic mass is 9.87. The highest BCUT2D eigenvalue weighted by Gasteiger charge is 2.38. The summed E-state index contributed by atoms with van der Waals surface area (Å²) in [5.41, 5.74) is 0.973. The normalized spacial score (nSPS) is 16.8. The highest BCUT2D eigenvalue weighted by atomic mass is 16.5. The molecule has 1 aromatic rings. The molecule has 0 saturated carbocycles. The molecular weight excluding hydrogens is 234 g/mol. The Morgan fingerprint density at radius 3 is 2.78 bits per heavy atom. The first-order valence-corrected chi connectivity index (χ1v) is 5.81. The lowest BCUT2D eigenvalue weighted by molar-refractivity contribution is -0.128. The number of hydrogen-bond acceptors (Lipinski definition) is 5. The van der Waals surface area contributed by atoms with E-state index in [2.05, 4.69) is 5.32 Å². The molecule has 0 aromatic heterocycles. The van der Waals surface area contributed by atoms with Crippen LogP contribution in [0.2, 0.25) is 0 Å². The number of hydrogen-bond donors (Lipinski definition) is 2. The molecule has 0 spiro atoms. The van der Waals surface area contributed by atoms with Crippen LogP contribution in [0, 0.1) is 5.41 Å². The summed E-state index contributed by atoms with van der Waals surface area (Å²) in [6.45, 7) is 1.71. The Kier molecular flexibility index (Phi) is 3.84. The molecule has 0 radical (unpaired) electrons. The van der Waals surface area contributed by atoms with Gasteiger partial charge in [-0.2, -0.15) is 0 Å². The summed E-state index contributed by atoms with van der Waals surface area (Å²) in [4.78, 5) is 11.6. The van der Waals surface area contributed by atoms with Crippen molar-refractivity contribution >= 4 is 11.7 Å². The molecule has 5 heteroatoms. The number of benzene rings is 1. The number of methoxy groups -OCH3 is 1. The fourth-order valence-corrected chi connectivity index (χ4v) is 1.85. The second-order valence-corrected chi connectivity index (χ2v) is 4.54. The molecule has 2 N–H and O–H groups in total. The van der Waals surface area contributed by atoms with E-state index in [1.165, 1.54) is 7.11 Å². The predicted octanol–water partition coefficient (Wildman–Crippen LogP) is 0.894. The zero-order valence-electron chi connectivity index (χ0n) is 10.3. The molecule has 98 valence electrons. The van der Waals surface area contributed by atoms with Crippen molar-refractivity contribution in [1.29, 1.82) is 0 Å². The van der Waals surface area contributed by atoms with Crippen LogP contribution in [0.1, 0.15) is 10.4 Å². The number of carbonyl (C=O) groups excluding carboxylic acids is 1. The minimum Gasteiger partial charge on any atom is -0.465 e. The van der Waals surface area contributed by atoms with Crippen LogP contribution in [0.25, 0.3) is 0 Å². The number of nitrogens with one attached hydrogen (secondary N) is 1. The summed E-state index contributed by atoms with van der Waals surface area (Å²) < 4.78 is 9.85. The van der Waals surface area contributed by atoms with Gasteiger partial charge in [0.1, 0.15) is 0 Å². The van der Waals surface area contributed by atoms with Gasteiger partial charge in [-0.05, 0) is 12.1 Å². The first-order chi connectivity index (χ1) is 8.71. The fourth-order valence-electron chi connectivity index (χ4n) is 1.85. The van der Waals surface area contributed by atoms with E-state index in [4.69, 9.17) is 9.47 Å². The van der Waals surface area contributed by atoms with Gasteiger partial charge in [-0.3, -0.25) is 0 Å². The summed E-state index contributed by atoms with van der Waals surface area (Å²) in [7, 11) is 1.36. The molecule has 18 heavy (non-hydrogen) atoms. The van der Waals surface area contributed by atoms with Gasteiger partial charge >= 0.3 is 5.97 Å². The molecule has 5 nitrogen and oxygen atoms in total. The molecule has 0 atom stereocenters. The molecule has 1 aliphatic rings. The van der Waals surface area contributed by atoms with Gasteiger partial charge in [0, 0.05) is 12.2 Å². The quantitative estimate of drug-likeness (QED) is 0.761. The SMILES string of the molecule is COC(=O)c1ccccc1NCC1(CO)COC1. The summed E-state index contributed by atoms with van der Waals surface area (Å²) in [6, 6.07) is 7.15. The van der Waals surface area contributed by atoms with Crippen LogP contribution in [0.3, 0.4) is 0 Å². The smallest absolute Gasteiger partial charge is 0.339 e. The van der Waals surface area contributed by atoms with Crippen molar-refractivity contribution in [3.05, 3.63) is 29.8 Å². The van der Waals surface area contributed by atoms with Crippen LogP contribution in [-0.2, 0) is 9.47 Å². The number of carbonyl (C=O) groups is 1. The van der Waals surface area contributed by atoms with Crippen molar-refractivity contribution in [2.24, 2.45) is 5.41 Å². The van der Waals surface area contributed by atoms with Crippen molar-refractivity contribution in [1.82, 2.24) is 0 Å². The van der Waals surface area contributed by atoms with Crippen molar-refractivity contribution < 1.29 is 19.4 Å². The number of ether oxygens (including phenoxy) is 2. The monoisotopic (exact) mass is 251 g/mol. The third-order valence-electron chi connectivity index (χ3n) is 3.14. The van der Waals surface area contributed by atoms with Gasteiger partial charge in [0.2, 0.25) is 0 Å². The Bertz CT molecular complexity index is 423. The minimum atomic E-state index is -0.374. The topological polar surface area (TPSA) is 67.8 Å². The van der Waals surface area contributed by atoms with Crippen molar-refractivity contribution in [3.8, 4) is 0 Å². The Balaban J connectivity index is 2.07. The fraction of sp³-hybridized carbons (Fsp3) is 0.462. The van der Waals surface area contributed by atoms with Gasteiger partial charge < -0.3 is 19.9 Å². The molecule has 0 amide bonds. The summed E-state index contributed by atoms with van der Waals surface area (Å²) in [5.74, 6) is -0.374. The standard InChI is InChI=1S/C13H17NO4/c1-17-12(16)10-4-2-3-5-11(10)14-6-13(7-15)8-18-9-13/h2-5,14-15H,6-9H2,1H3. The largest absolute Gasteiger partial charge is 0.465 e. The van der Waals surface area contributed by atoms with Crippen LogP contribution in [0.4, 0.5) is 5.69 Å². The molecule has 2 rings (SSSR count). The van der Waals surface area contributed by atoms with Crippen molar-refractivity contribution in [2.75, 3.05) is 38.8 Å². The molecular formula is C13H17NO4. The van der Waals surface area contributed by atoms with Gasteiger partial charge in [0.15, 0.2) is 0 Å². The van der Waals surface area contributed by atoms with Gasteiger partial charge in [-0.1, -0.05) is 12.1 Å². The Morgan fingerprint density at radius 1 is 1.50 bits per heavy atom. The Morgan fingerprint density at radius 2 is 2.22 bits per heavy atom. The van der Waals surface area contributed by atoms with Crippen LogP contribution >= 0.6 is 0 Å². The average molecular weight is 251 g/mol. The molecule has 1 fully saturated rings. The maximum atomic E-state index is 11.6. The zero-order valence-corrected chi connectivity index (χ0v) is 10.3. The number of para-hydroxylation sites is 1. The van der Waals surface area contributed by atoms with E-state index >= 15 is 0 Å². The summed E-state index contributed by atoms with van der Waals surface area (Å²) >= 11 is 0. The highest BCUT2D eigenvalue weighted by molar-refractivity contribution is 5.95. The van der Waals surface area contributed by atoms with Gasteiger partial charge in [0.05, 0.1) is 37.9 Å². The number of esters is 1. The molecule has 0 aliphatic carbocycles. The van der Waals surface area contributed by atoms with Crippen LogP contribution in [0.5, 0.6) is 0 Å². The second-order valence-electron chi connectivity index (χ2n) is 4.54. The first kappa shape index (κ1) is 12.9. The minimum absolute atomic E-state index is 0.0698. The Hall–Kier alpha value is -1.59. The van der Waals surface area contributed by atoms with Crippen LogP contribution < -0.4 is 5.32 Å². The summed E-state index contributed by atoms with van der Waals surface area (Å²) in [5, 5.41) is 12.5. The van der Waals surface area contributed by atoms with E-state index in [1.807, 2.05) is 12.1 Å². The van der Waals surface area contributed by atoms with E-state index in [0.29, 0.717) is 31.0 Å². The lowest BCUT2D eigenvalue weighted by Crippen LogP contribution is -2.50. The van der Waals surface area contributed by atoms with Gasteiger partial charge in [0.25, 0.3) is 0 Å². The van der Waals surface area contributed by atoms with Crippen LogP contribution in [0.15, 0.2) is 24.3 Å². The lowest BCUT2D eigenvalue weighted by Gasteiger charge is -2.40. The number of aliphatic hydroxyl groups excluding tert-OH is 1. The maximum Gasteiger partial charge on any atom is 0.339 e. The van der Waals surface area contributed by atoms with Gasteiger partial charge in [-0.25, -0.2) is 4.79 Å². The Labute approximate surface area is 106 Å².